The highest BCUT2D eigenvalue weighted by Gasteiger charge is 2.23. The summed E-state index contributed by atoms with van der Waals surface area (Å²) in [6.07, 6.45) is 1.05. The van der Waals surface area contributed by atoms with Crippen LogP contribution >= 0.6 is 0 Å². The molecule has 0 spiro atoms. The average molecular weight is 545 g/mol. The second kappa shape index (κ2) is 11.3. The number of benzene rings is 2. The zero-order valence-corrected chi connectivity index (χ0v) is 22.9. The number of aryl methyl sites for hydroxylation is 1. The molecule has 3 aromatic rings. The largest absolute Gasteiger partial charge is 0.492 e. The van der Waals surface area contributed by atoms with Gasteiger partial charge in [0.05, 0.1) is 37.0 Å². The number of carbonyl (C=O) groups is 1. The molecule has 0 fully saturated rings. The molecule has 0 bridgehead atoms. The summed E-state index contributed by atoms with van der Waals surface area (Å²) in [6.45, 7) is 7.18. The number of anilines is 2. The molecule has 0 aliphatic rings. The van der Waals surface area contributed by atoms with Crippen molar-refractivity contribution >= 4 is 27.3 Å². The number of hydrogen-bond donors (Lipinski definition) is 4. The van der Waals surface area contributed by atoms with Gasteiger partial charge in [-0.05, 0) is 47.7 Å². The summed E-state index contributed by atoms with van der Waals surface area (Å²) in [7, 11) is -2.23. The van der Waals surface area contributed by atoms with Crippen LogP contribution in [0.5, 0.6) is 17.4 Å². The third-order valence-electron chi connectivity index (χ3n) is 5.54. The number of aliphatic hydroxyl groups excluding tert-OH is 2. The lowest BCUT2D eigenvalue weighted by molar-refractivity contribution is 0.0919. The number of nitrogens with zero attached hydrogens (tertiary/aromatic N) is 2. The number of hydrogen-bond acceptors (Lipinski definition) is 9. The van der Waals surface area contributed by atoms with Crippen molar-refractivity contribution in [1.29, 1.82) is 0 Å². The van der Waals surface area contributed by atoms with Crippen molar-refractivity contribution in [2.75, 3.05) is 30.0 Å². The molecule has 38 heavy (non-hydrogen) atoms. The van der Waals surface area contributed by atoms with Crippen LogP contribution < -0.4 is 19.5 Å². The summed E-state index contributed by atoms with van der Waals surface area (Å²) < 4.78 is 37.7. The van der Waals surface area contributed by atoms with Crippen molar-refractivity contribution in [2.24, 2.45) is 0 Å². The van der Waals surface area contributed by atoms with Crippen LogP contribution in [0, 0.1) is 6.92 Å². The van der Waals surface area contributed by atoms with Gasteiger partial charge < -0.3 is 25.0 Å². The van der Waals surface area contributed by atoms with Gasteiger partial charge in [0.25, 0.3) is 5.91 Å². The van der Waals surface area contributed by atoms with Gasteiger partial charge in [-0.25, -0.2) is 18.4 Å². The Morgan fingerprint density at radius 2 is 1.79 bits per heavy atom. The zero-order valence-electron chi connectivity index (χ0n) is 22.1. The lowest BCUT2D eigenvalue weighted by Gasteiger charge is -2.24. The van der Waals surface area contributed by atoms with Crippen LogP contribution in [0.25, 0.3) is 0 Å². The molecule has 3 rings (SSSR count). The van der Waals surface area contributed by atoms with Crippen molar-refractivity contribution in [3.63, 3.8) is 0 Å². The molecule has 0 saturated heterocycles. The number of methoxy groups -OCH3 is 1. The van der Waals surface area contributed by atoms with Gasteiger partial charge in [-0.15, -0.1) is 0 Å². The maximum Gasteiger partial charge on any atom is 0.255 e. The lowest BCUT2D eigenvalue weighted by atomic mass is 9.86. The molecule has 11 nitrogen and oxygen atoms in total. The maximum absolute atomic E-state index is 13.3. The Bertz CT molecular complexity index is 1440. The Morgan fingerprint density at radius 1 is 1.11 bits per heavy atom. The van der Waals surface area contributed by atoms with Crippen molar-refractivity contribution in [3.8, 4) is 17.4 Å². The minimum Gasteiger partial charge on any atom is -0.492 e. The Morgan fingerprint density at radius 3 is 2.39 bits per heavy atom. The number of ether oxygens (including phenoxy) is 2. The van der Waals surface area contributed by atoms with E-state index in [1.165, 1.54) is 25.6 Å². The average Bonchev–Trinajstić information content (AvgIpc) is 2.83. The number of rotatable bonds is 9. The molecule has 4 N–H and O–H groups in total. The quantitative estimate of drug-likeness (QED) is 0.316. The van der Waals surface area contributed by atoms with Gasteiger partial charge in [-0.3, -0.25) is 9.52 Å². The fourth-order valence-corrected chi connectivity index (χ4v) is 4.04. The van der Waals surface area contributed by atoms with Gasteiger partial charge in [0.1, 0.15) is 18.2 Å². The Labute approximate surface area is 221 Å². The SMILES string of the molecule is COc1c(NC(=O)c2ccc(C)c(Oc3cc(C(O)CO)ncn3)c2)cc(C(C)(C)C)cc1NS(C)(=O)=O. The molecule has 2 aromatic carbocycles. The standard InChI is InChI=1S/C26H32N4O7S/c1-15-7-8-16(9-22(15)37-23-12-18(21(32)13-31)27-14-28-23)25(33)29-19-10-17(26(2,3)4)11-20(24(19)36-5)30-38(6,34)35/h7-12,14,21,30-32H,13H2,1-6H3,(H,29,33). The molecular formula is C26H32N4O7S. The van der Waals surface area contributed by atoms with E-state index in [1.807, 2.05) is 20.8 Å². The van der Waals surface area contributed by atoms with Crippen molar-refractivity contribution in [3.05, 3.63) is 65.1 Å². The summed E-state index contributed by atoms with van der Waals surface area (Å²) in [5.41, 5.74) is 2.08. The summed E-state index contributed by atoms with van der Waals surface area (Å²) >= 11 is 0. The van der Waals surface area contributed by atoms with E-state index in [1.54, 1.807) is 31.2 Å². The van der Waals surface area contributed by atoms with Gasteiger partial charge in [0, 0.05) is 11.6 Å². The molecule has 12 heteroatoms. The van der Waals surface area contributed by atoms with Crippen molar-refractivity contribution in [2.45, 2.75) is 39.2 Å². The molecule has 1 unspecified atom stereocenters. The highest BCUT2D eigenvalue weighted by Crippen LogP contribution is 2.39. The second-order valence-electron chi connectivity index (χ2n) is 9.74. The van der Waals surface area contributed by atoms with Gasteiger partial charge in [0.2, 0.25) is 15.9 Å². The second-order valence-corrected chi connectivity index (χ2v) is 11.5. The van der Waals surface area contributed by atoms with Crippen molar-refractivity contribution in [1.82, 2.24) is 9.97 Å². The minimum absolute atomic E-state index is 0.124. The molecule has 0 saturated carbocycles. The number of sulfonamides is 1. The molecule has 0 aliphatic carbocycles. The molecule has 1 heterocycles. The van der Waals surface area contributed by atoms with Crippen LogP contribution in [0.2, 0.25) is 0 Å². The van der Waals surface area contributed by atoms with Crippen LogP contribution in [0.3, 0.4) is 0 Å². The number of carbonyl (C=O) groups excluding carboxylic acids is 1. The molecule has 1 atom stereocenters. The summed E-state index contributed by atoms with van der Waals surface area (Å²) in [5, 5.41) is 21.8. The molecule has 1 amide bonds. The number of amides is 1. The molecular weight excluding hydrogens is 512 g/mol. The monoisotopic (exact) mass is 544 g/mol. The van der Waals surface area contributed by atoms with E-state index in [0.717, 1.165) is 17.4 Å². The van der Waals surface area contributed by atoms with Crippen LogP contribution in [0.1, 0.15) is 54.1 Å². The van der Waals surface area contributed by atoms with Crippen LogP contribution in [0.15, 0.2) is 42.7 Å². The van der Waals surface area contributed by atoms with Gasteiger partial charge in [-0.1, -0.05) is 26.8 Å². The lowest BCUT2D eigenvalue weighted by Crippen LogP contribution is -2.18. The van der Waals surface area contributed by atoms with E-state index in [4.69, 9.17) is 14.6 Å². The van der Waals surface area contributed by atoms with E-state index in [9.17, 15) is 18.3 Å². The van der Waals surface area contributed by atoms with Gasteiger partial charge in [-0.2, -0.15) is 0 Å². The third kappa shape index (κ3) is 7.18. The minimum atomic E-state index is -3.62. The topological polar surface area (TPSA) is 160 Å². The normalized spacial score (nSPS) is 12.5. The van der Waals surface area contributed by atoms with Gasteiger partial charge >= 0.3 is 0 Å². The zero-order chi connectivity index (χ0) is 28.3. The number of aromatic nitrogens is 2. The molecule has 0 radical (unpaired) electrons. The highest BCUT2D eigenvalue weighted by molar-refractivity contribution is 7.92. The van der Waals surface area contributed by atoms with E-state index in [2.05, 4.69) is 20.0 Å². The van der Waals surface area contributed by atoms with E-state index < -0.39 is 28.6 Å². The van der Waals surface area contributed by atoms with Crippen molar-refractivity contribution < 1.29 is 32.9 Å². The van der Waals surface area contributed by atoms with E-state index in [-0.39, 0.29) is 39.7 Å². The first kappa shape index (κ1) is 28.8. The first-order valence-corrected chi connectivity index (χ1v) is 13.5. The predicted octanol–water partition coefficient (Wildman–Crippen LogP) is 3.53. The highest BCUT2D eigenvalue weighted by atomic mass is 32.2. The number of nitrogens with one attached hydrogen (secondary N) is 2. The summed E-state index contributed by atoms with van der Waals surface area (Å²) in [5.74, 6) is 0.148. The summed E-state index contributed by atoms with van der Waals surface area (Å²) in [4.78, 5) is 21.2. The fraction of sp³-hybridized carbons (Fsp3) is 0.346. The van der Waals surface area contributed by atoms with Gasteiger partial charge in [0.15, 0.2) is 5.75 Å². The smallest absolute Gasteiger partial charge is 0.255 e. The van der Waals surface area contributed by atoms with Crippen LogP contribution in [-0.4, -0.2) is 54.5 Å². The fourth-order valence-electron chi connectivity index (χ4n) is 3.49. The van der Waals surface area contributed by atoms with E-state index in [0.29, 0.717) is 5.75 Å². The molecule has 1 aromatic heterocycles. The molecule has 204 valence electrons. The molecule has 0 aliphatic heterocycles. The Kier molecular flexibility index (Phi) is 8.60. The van der Waals surface area contributed by atoms with Crippen LogP contribution in [0.4, 0.5) is 11.4 Å². The number of aliphatic hydroxyl groups is 2. The van der Waals surface area contributed by atoms with Crippen LogP contribution in [-0.2, 0) is 15.4 Å². The third-order valence-corrected chi connectivity index (χ3v) is 6.14. The Balaban J connectivity index is 1.96. The first-order chi connectivity index (χ1) is 17.7. The maximum atomic E-state index is 13.3. The first-order valence-electron chi connectivity index (χ1n) is 11.6. The Hall–Kier alpha value is -3.74. The van der Waals surface area contributed by atoms with E-state index >= 15 is 0 Å². The predicted molar refractivity (Wildman–Crippen MR) is 143 cm³/mol. The summed E-state index contributed by atoms with van der Waals surface area (Å²) in [6, 6.07) is 9.67.